The second-order valence-corrected chi connectivity index (χ2v) is 7.50. The van der Waals surface area contributed by atoms with Gasteiger partial charge in [0.05, 0.1) is 11.6 Å². The number of carboxylic acid groups (broad SMARTS) is 1. The summed E-state index contributed by atoms with van der Waals surface area (Å²) in [6, 6.07) is 18.2. The molecule has 2 aromatic carbocycles. The predicted molar refractivity (Wildman–Crippen MR) is 122 cm³/mol. The molecular formula is C25H25N3O4. The lowest BCUT2D eigenvalue weighted by molar-refractivity contribution is -0.145. The molecule has 0 saturated carbocycles. The van der Waals surface area contributed by atoms with Gasteiger partial charge >= 0.3 is 5.97 Å². The lowest BCUT2D eigenvalue weighted by Gasteiger charge is -2.16. The lowest BCUT2D eigenvalue weighted by atomic mass is 10.1. The van der Waals surface area contributed by atoms with Crippen molar-refractivity contribution >= 4 is 16.9 Å². The minimum atomic E-state index is -1.09. The van der Waals surface area contributed by atoms with E-state index in [2.05, 4.69) is 15.3 Å². The Morgan fingerprint density at radius 3 is 2.62 bits per heavy atom. The average molecular weight is 431 g/mol. The van der Waals surface area contributed by atoms with Crippen LogP contribution in [0.4, 0.5) is 0 Å². The molecule has 0 aliphatic heterocycles. The van der Waals surface area contributed by atoms with Crippen LogP contribution in [0.1, 0.15) is 28.9 Å². The number of hydrogen-bond acceptors (Lipinski definition) is 5. The number of para-hydroxylation sites is 1. The minimum Gasteiger partial charge on any atom is -0.478 e. The van der Waals surface area contributed by atoms with Crippen LogP contribution in [-0.2, 0) is 11.2 Å². The van der Waals surface area contributed by atoms with Crippen molar-refractivity contribution in [3.63, 3.8) is 0 Å². The Labute approximate surface area is 185 Å². The zero-order valence-electron chi connectivity index (χ0n) is 17.4. The van der Waals surface area contributed by atoms with Crippen LogP contribution in [0.2, 0.25) is 0 Å². The van der Waals surface area contributed by atoms with E-state index in [0.29, 0.717) is 24.4 Å². The number of nitrogens with one attached hydrogen (secondary N) is 2. The van der Waals surface area contributed by atoms with Gasteiger partial charge in [-0.15, -0.1) is 0 Å². The summed E-state index contributed by atoms with van der Waals surface area (Å²) in [4.78, 5) is 19.1. The van der Waals surface area contributed by atoms with Crippen LogP contribution in [0.25, 0.3) is 10.9 Å². The highest BCUT2D eigenvalue weighted by atomic mass is 16.5. The minimum absolute atomic E-state index is 0.430. The van der Waals surface area contributed by atoms with Crippen molar-refractivity contribution in [2.75, 3.05) is 13.1 Å². The zero-order chi connectivity index (χ0) is 22.3. The molecule has 0 saturated heterocycles. The van der Waals surface area contributed by atoms with Gasteiger partial charge in [-0.1, -0.05) is 48.5 Å². The number of aliphatic carboxylic acids is 1. The normalized spacial score (nSPS) is 13.0. The van der Waals surface area contributed by atoms with Crippen molar-refractivity contribution in [1.29, 1.82) is 0 Å². The third-order valence-electron chi connectivity index (χ3n) is 5.31. The van der Waals surface area contributed by atoms with E-state index >= 15 is 0 Å². The molecule has 0 bridgehead atoms. The van der Waals surface area contributed by atoms with Crippen molar-refractivity contribution in [1.82, 2.24) is 15.3 Å². The Balaban J connectivity index is 1.42. The van der Waals surface area contributed by atoms with Crippen molar-refractivity contribution in [3.8, 4) is 5.75 Å². The van der Waals surface area contributed by atoms with Crippen LogP contribution in [0.5, 0.6) is 5.75 Å². The second kappa shape index (κ2) is 10.1. The molecule has 164 valence electrons. The topological polar surface area (TPSA) is 107 Å². The number of fused-ring (bicyclic) bond motifs is 1. The Bertz CT molecular complexity index is 1160. The number of carbonyl (C=O) groups is 1. The predicted octanol–water partition coefficient (Wildman–Crippen LogP) is 3.63. The average Bonchev–Trinajstić information content (AvgIpc) is 3.25. The fourth-order valence-corrected chi connectivity index (χ4v) is 3.66. The third-order valence-corrected chi connectivity index (χ3v) is 5.31. The van der Waals surface area contributed by atoms with Gasteiger partial charge in [-0.3, -0.25) is 4.98 Å². The zero-order valence-corrected chi connectivity index (χ0v) is 17.4. The second-order valence-electron chi connectivity index (χ2n) is 7.50. The first-order valence-electron chi connectivity index (χ1n) is 10.5. The van der Waals surface area contributed by atoms with E-state index < -0.39 is 18.2 Å². The lowest BCUT2D eigenvalue weighted by Crippen LogP contribution is -2.23. The van der Waals surface area contributed by atoms with Crippen LogP contribution in [0, 0.1) is 0 Å². The fourth-order valence-electron chi connectivity index (χ4n) is 3.66. The maximum absolute atomic E-state index is 11.8. The number of carboxylic acids is 1. The molecule has 0 aliphatic rings. The summed E-state index contributed by atoms with van der Waals surface area (Å²) in [7, 11) is 0. The number of pyridine rings is 1. The van der Waals surface area contributed by atoms with Crippen molar-refractivity contribution < 1.29 is 19.7 Å². The van der Waals surface area contributed by atoms with Gasteiger partial charge in [-0.25, -0.2) is 4.79 Å². The smallest absolute Gasteiger partial charge is 0.349 e. The van der Waals surface area contributed by atoms with Crippen LogP contribution < -0.4 is 10.1 Å². The molecule has 4 N–H and O–H groups in total. The molecular weight excluding hydrogens is 406 g/mol. The van der Waals surface area contributed by atoms with Gasteiger partial charge in [0.25, 0.3) is 0 Å². The fraction of sp³-hybridized carbons (Fsp3) is 0.200. The standard InChI is InChI=1S/C25H25N3O4/c29-21(19-8-5-12-26-14-19)16-27-13-11-18-15-28-23-20(18)9-4-10-22(23)32-24(25(30)31)17-6-2-1-3-7-17/h1-10,12,14-15,21,24,27-29H,11,13,16H2,(H,30,31)/t21-,24-/m0/s1. The molecule has 0 aliphatic carbocycles. The number of hydrogen-bond donors (Lipinski definition) is 4. The maximum atomic E-state index is 11.8. The van der Waals surface area contributed by atoms with E-state index in [0.717, 1.165) is 28.5 Å². The van der Waals surface area contributed by atoms with Gasteiger partial charge in [0, 0.05) is 41.6 Å². The first-order valence-corrected chi connectivity index (χ1v) is 10.5. The van der Waals surface area contributed by atoms with Gasteiger partial charge in [-0.2, -0.15) is 0 Å². The summed E-state index contributed by atoms with van der Waals surface area (Å²) in [5, 5.41) is 24.2. The SMILES string of the molecule is O=C(O)[C@@H](Oc1cccc2c(CCNC[C@H](O)c3cccnc3)c[nH]c12)c1ccccc1. The molecule has 0 fully saturated rings. The number of aromatic nitrogens is 2. The third kappa shape index (κ3) is 4.96. The Kier molecular flexibility index (Phi) is 6.79. The molecule has 2 heterocycles. The van der Waals surface area contributed by atoms with E-state index in [1.807, 2.05) is 30.5 Å². The van der Waals surface area contributed by atoms with Gasteiger partial charge < -0.3 is 25.3 Å². The number of benzene rings is 2. The molecule has 0 radical (unpaired) electrons. The van der Waals surface area contributed by atoms with Gasteiger partial charge in [0.1, 0.15) is 5.75 Å². The summed E-state index contributed by atoms with van der Waals surface area (Å²) < 4.78 is 5.91. The number of aliphatic hydroxyl groups is 1. The maximum Gasteiger partial charge on any atom is 0.349 e. The summed E-state index contributed by atoms with van der Waals surface area (Å²) in [5.74, 6) is -0.554. The monoisotopic (exact) mass is 431 g/mol. The molecule has 2 atom stereocenters. The number of aromatic amines is 1. The van der Waals surface area contributed by atoms with Crippen LogP contribution >= 0.6 is 0 Å². The number of ether oxygens (including phenoxy) is 1. The van der Waals surface area contributed by atoms with E-state index in [4.69, 9.17) is 4.74 Å². The summed E-state index contributed by atoms with van der Waals surface area (Å²) in [6.45, 7) is 1.11. The molecule has 4 aromatic rings. The van der Waals surface area contributed by atoms with E-state index in [9.17, 15) is 15.0 Å². The highest BCUT2D eigenvalue weighted by Crippen LogP contribution is 2.31. The van der Waals surface area contributed by atoms with Crippen LogP contribution in [0.15, 0.2) is 79.3 Å². The first kappa shape index (κ1) is 21.5. The molecule has 7 heteroatoms. The Hall–Kier alpha value is -3.68. The summed E-state index contributed by atoms with van der Waals surface area (Å²) >= 11 is 0. The van der Waals surface area contributed by atoms with Crippen LogP contribution in [0.3, 0.4) is 0 Å². The molecule has 4 rings (SSSR count). The largest absolute Gasteiger partial charge is 0.478 e. The summed E-state index contributed by atoms with van der Waals surface area (Å²) in [5.41, 5.74) is 3.21. The number of nitrogens with zero attached hydrogens (tertiary/aromatic N) is 1. The molecule has 0 spiro atoms. The van der Waals surface area contributed by atoms with E-state index in [-0.39, 0.29) is 0 Å². The molecule has 0 unspecified atom stereocenters. The summed E-state index contributed by atoms with van der Waals surface area (Å²) in [6.07, 6.45) is 4.28. The molecule has 7 nitrogen and oxygen atoms in total. The van der Waals surface area contributed by atoms with E-state index in [1.54, 1.807) is 48.8 Å². The number of rotatable bonds is 10. The van der Waals surface area contributed by atoms with Crippen LogP contribution in [-0.4, -0.2) is 39.2 Å². The van der Waals surface area contributed by atoms with E-state index in [1.165, 1.54) is 0 Å². The van der Waals surface area contributed by atoms with Crippen molar-refractivity contribution in [2.24, 2.45) is 0 Å². The number of H-pyrrole nitrogens is 1. The number of aliphatic hydroxyl groups excluding tert-OH is 1. The highest BCUT2D eigenvalue weighted by Gasteiger charge is 2.23. The molecule has 2 aromatic heterocycles. The quantitative estimate of drug-likeness (QED) is 0.286. The van der Waals surface area contributed by atoms with Crippen molar-refractivity contribution in [2.45, 2.75) is 18.6 Å². The van der Waals surface area contributed by atoms with Gasteiger partial charge in [0.15, 0.2) is 0 Å². The highest BCUT2D eigenvalue weighted by molar-refractivity contribution is 5.89. The Morgan fingerprint density at radius 1 is 1.06 bits per heavy atom. The van der Waals surface area contributed by atoms with Gasteiger partial charge in [-0.05, 0) is 30.7 Å². The Morgan fingerprint density at radius 2 is 1.88 bits per heavy atom. The first-order chi connectivity index (χ1) is 15.6. The molecule has 32 heavy (non-hydrogen) atoms. The van der Waals surface area contributed by atoms with Crippen molar-refractivity contribution in [3.05, 3.63) is 95.9 Å². The molecule has 0 amide bonds. The van der Waals surface area contributed by atoms with Gasteiger partial charge in [0.2, 0.25) is 6.10 Å².